The van der Waals surface area contributed by atoms with Crippen molar-refractivity contribution in [1.29, 1.82) is 0 Å². The zero-order valence-corrected chi connectivity index (χ0v) is 40.6. The van der Waals surface area contributed by atoms with Gasteiger partial charge in [0, 0.05) is 32.5 Å². The Kier molecular flexibility index (Phi) is 23.1. The van der Waals surface area contributed by atoms with Crippen molar-refractivity contribution < 1.29 is 19.1 Å². The van der Waals surface area contributed by atoms with Crippen molar-refractivity contribution in [2.75, 3.05) is 32.7 Å². The van der Waals surface area contributed by atoms with E-state index >= 15 is 0 Å². The molecule has 61 heavy (non-hydrogen) atoms. The smallest absolute Gasteiger partial charge is 0.410 e. The van der Waals surface area contributed by atoms with Gasteiger partial charge in [-0.15, -0.1) is 0 Å². The van der Waals surface area contributed by atoms with Crippen molar-refractivity contribution in [2.24, 2.45) is 52.1 Å². The van der Waals surface area contributed by atoms with E-state index < -0.39 is 0 Å². The predicted molar refractivity (Wildman–Crippen MR) is 254 cm³/mol. The minimum atomic E-state index is -0.376. The molecule has 0 aliphatic heterocycles. The maximum Gasteiger partial charge on any atom is 0.410 e. The molecule has 0 aromatic carbocycles. The summed E-state index contributed by atoms with van der Waals surface area (Å²) < 4.78 is 6.31. The summed E-state index contributed by atoms with van der Waals surface area (Å²) in [5.41, 5.74) is 7.83. The molecule has 0 bridgehead atoms. The highest BCUT2D eigenvalue weighted by Gasteiger charge is 2.59. The second kappa shape index (κ2) is 27.3. The van der Waals surface area contributed by atoms with Crippen molar-refractivity contribution in [2.45, 2.75) is 227 Å². The fourth-order valence-electron chi connectivity index (χ4n) is 12.8. The third-order valence-corrected chi connectivity index (χ3v) is 16.5. The number of allylic oxidation sites excluding steroid dienone is 1. The van der Waals surface area contributed by atoms with Crippen molar-refractivity contribution in [3.63, 3.8) is 0 Å². The van der Waals surface area contributed by atoms with Crippen LogP contribution in [0.3, 0.4) is 0 Å². The third-order valence-electron chi connectivity index (χ3n) is 16.5. The van der Waals surface area contributed by atoms with Crippen LogP contribution >= 0.6 is 0 Å². The van der Waals surface area contributed by atoms with Crippen molar-refractivity contribution >= 4 is 17.9 Å². The molecule has 3 fully saturated rings. The lowest BCUT2D eigenvalue weighted by molar-refractivity contribution is -0.122. The molecule has 0 radical (unpaired) electrons. The average Bonchev–Trinajstić information content (AvgIpc) is 3.59. The maximum absolute atomic E-state index is 13.9. The lowest BCUT2D eigenvalue weighted by Crippen LogP contribution is -2.51. The highest BCUT2D eigenvalue weighted by atomic mass is 16.6. The molecule has 0 heterocycles. The Morgan fingerprint density at radius 1 is 0.754 bits per heavy atom. The molecule has 8 nitrogen and oxygen atoms in total. The minimum absolute atomic E-state index is 0.00110. The van der Waals surface area contributed by atoms with Gasteiger partial charge in [-0.05, 0) is 130 Å². The molecule has 0 aromatic rings. The molecular weight excluding hydrogens is 757 g/mol. The average molecular weight is 853 g/mol. The minimum Gasteiger partial charge on any atom is -0.446 e. The Hall–Kier alpha value is -2.09. The molecule has 3 saturated carbocycles. The normalized spacial score (nSPS) is 27.4. The molecule has 352 valence electrons. The second-order valence-corrected chi connectivity index (χ2v) is 21.5. The highest BCUT2D eigenvalue weighted by molar-refractivity contribution is 5.82. The number of unbranched alkanes of at least 4 members (excludes halogenated alkanes) is 13. The number of amides is 3. The van der Waals surface area contributed by atoms with Crippen molar-refractivity contribution in [1.82, 2.24) is 15.5 Å². The van der Waals surface area contributed by atoms with Gasteiger partial charge in [-0.25, -0.2) is 4.79 Å². The van der Waals surface area contributed by atoms with Gasteiger partial charge in [0.25, 0.3) is 0 Å². The quantitative estimate of drug-likeness (QED) is 0.0492. The van der Waals surface area contributed by atoms with E-state index in [2.05, 4.69) is 58.3 Å². The zero-order valence-electron chi connectivity index (χ0n) is 40.6. The number of hydrogen-bond donors (Lipinski definition) is 3. The summed E-state index contributed by atoms with van der Waals surface area (Å²) in [6.45, 7) is 17.1. The summed E-state index contributed by atoms with van der Waals surface area (Å²) in [4.78, 5) is 41.1. The van der Waals surface area contributed by atoms with E-state index in [1.165, 1.54) is 108 Å². The highest BCUT2D eigenvalue weighted by Crippen LogP contribution is 2.67. The first-order valence-electron chi connectivity index (χ1n) is 26.3. The van der Waals surface area contributed by atoms with Gasteiger partial charge in [-0.1, -0.05) is 143 Å². The van der Waals surface area contributed by atoms with Crippen LogP contribution in [0.15, 0.2) is 11.6 Å². The monoisotopic (exact) mass is 853 g/mol. The van der Waals surface area contributed by atoms with E-state index in [1.807, 2.05) is 0 Å². The largest absolute Gasteiger partial charge is 0.446 e. The number of nitrogens with zero attached hydrogens (tertiary/aromatic N) is 1. The summed E-state index contributed by atoms with van der Waals surface area (Å²) >= 11 is 0. The topological polar surface area (TPSA) is 114 Å². The van der Waals surface area contributed by atoms with Crippen LogP contribution in [0.4, 0.5) is 4.79 Å². The molecule has 4 aliphatic rings. The Bertz CT molecular complexity index is 1320. The number of carbonyl (C=O) groups excluding carboxylic acids is 3. The van der Waals surface area contributed by atoms with E-state index in [4.69, 9.17) is 10.5 Å². The van der Waals surface area contributed by atoms with Gasteiger partial charge in [0.05, 0.1) is 0 Å². The summed E-state index contributed by atoms with van der Waals surface area (Å²) in [7, 11) is 0. The van der Waals surface area contributed by atoms with Crippen LogP contribution in [0.2, 0.25) is 0 Å². The number of ether oxygens (including phenoxy) is 1. The Labute approximate surface area is 375 Å². The molecule has 8 atom stereocenters. The summed E-state index contributed by atoms with van der Waals surface area (Å²) in [5.74, 6) is 4.80. The van der Waals surface area contributed by atoms with Gasteiger partial charge in [0.2, 0.25) is 11.8 Å². The number of rotatable bonds is 30. The molecule has 4 rings (SSSR count). The maximum atomic E-state index is 13.9. The molecule has 4 aliphatic carbocycles. The Morgan fingerprint density at radius 3 is 2.11 bits per heavy atom. The fraction of sp³-hybridized carbons (Fsp3) is 0.906. The van der Waals surface area contributed by atoms with Gasteiger partial charge in [-0.3, -0.25) is 14.5 Å². The number of hydrogen-bond acceptors (Lipinski definition) is 5. The molecular formula is C53H96N4O4. The van der Waals surface area contributed by atoms with Gasteiger partial charge < -0.3 is 21.1 Å². The van der Waals surface area contributed by atoms with Crippen LogP contribution in [0.5, 0.6) is 0 Å². The standard InChI is InChI=1S/C53H96N4O4/c1-7-8-9-10-11-12-13-14-15-18-26-49(58)55-37-21-22-38-57(40-50(59)56-36-20-17-16-19-35-54)51(60)61-44-31-33-52(5)43(39-44)27-28-45-47-30-29-46(42(4)25-23-24-41(2)3)53(47,6)34-32-48(45)52/h27,41-42,44-48H,7-26,28-40,54H2,1-6H3,(H,55,58)(H,56,59)/t42-,44+,45+,46-,47+,48+,52+,53-/m1/s1. The fourth-order valence-corrected chi connectivity index (χ4v) is 12.8. The molecule has 0 saturated heterocycles. The Morgan fingerprint density at radius 2 is 1.41 bits per heavy atom. The van der Waals surface area contributed by atoms with Crippen LogP contribution in [-0.4, -0.2) is 61.6 Å². The van der Waals surface area contributed by atoms with Crippen LogP contribution in [0.25, 0.3) is 0 Å². The number of carbonyl (C=O) groups is 3. The van der Waals surface area contributed by atoms with E-state index in [9.17, 15) is 14.4 Å². The molecule has 0 aromatic heterocycles. The van der Waals surface area contributed by atoms with Crippen LogP contribution < -0.4 is 16.4 Å². The molecule has 0 spiro atoms. The predicted octanol–water partition coefficient (Wildman–Crippen LogP) is 12.7. The second-order valence-electron chi connectivity index (χ2n) is 21.5. The van der Waals surface area contributed by atoms with E-state index in [-0.39, 0.29) is 36.0 Å². The summed E-state index contributed by atoms with van der Waals surface area (Å²) in [6.07, 6.45) is 34.3. The Balaban J connectivity index is 1.24. The van der Waals surface area contributed by atoms with Crippen molar-refractivity contribution in [3.05, 3.63) is 11.6 Å². The van der Waals surface area contributed by atoms with Gasteiger partial charge in [0.1, 0.15) is 12.6 Å². The molecule has 3 amide bonds. The van der Waals surface area contributed by atoms with E-state index in [0.717, 1.165) is 99.7 Å². The lowest BCUT2D eigenvalue weighted by Gasteiger charge is -2.58. The van der Waals surface area contributed by atoms with Crippen molar-refractivity contribution in [3.8, 4) is 0 Å². The molecule has 4 N–H and O–H groups in total. The van der Waals surface area contributed by atoms with Crippen LogP contribution in [0.1, 0.15) is 221 Å². The van der Waals surface area contributed by atoms with E-state index in [0.29, 0.717) is 44.4 Å². The van der Waals surface area contributed by atoms with Gasteiger partial charge >= 0.3 is 6.09 Å². The number of fused-ring (bicyclic) bond motifs is 5. The third kappa shape index (κ3) is 16.1. The van der Waals surface area contributed by atoms with Gasteiger partial charge in [-0.2, -0.15) is 0 Å². The van der Waals surface area contributed by atoms with Gasteiger partial charge in [0.15, 0.2) is 0 Å². The van der Waals surface area contributed by atoms with E-state index in [1.54, 1.807) is 4.90 Å². The number of nitrogens with one attached hydrogen (secondary N) is 2. The SMILES string of the molecule is CCCCCCCCCCCCC(=O)NCCCCN(CC(=O)NCCCCCCN)C(=O)O[C@H]1CC[C@@]2(C)C(=CC[C@H]3[C@@H]4CC[C@H]([C@H](C)CCCC(C)C)[C@@]4(C)CC[C@@H]32)C1. The van der Waals surface area contributed by atoms with Crippen LogP contribution in [-0.2, 0) is 14.3 Å². The number of nitrogens with two attached hydrogens (primary N) is 1. The summed E-state index contributed by atoms with van der Waals surface area (Å²) in [6, 6.07) is 0. The first-order chi connectivity index (χ1) is 29.4. The first-order valence-corrected chi connectivity index (χ1v) is 26.3. The zero-order chi connectivity index (χ0) is 44.1. The van der Waals surface area contributed by atoms with Crippen LogP contribution in [0, 0.1) is 46.3 Å². The molecule has 8 heteroatoms. The lowest BCUT2D eigenvalue weighted by atomic mass is 9.47. The summed E-state index contributed by atoms with van der Waals surface area (Å²) in [5, 5.41) is 6.12. The first kappa shape index (κ1) is 51.5. The molecule has 0 unspecified atom stereocenters.